The molecule has 0 radical (unpaired) electrons. The van der Waals surface area contributed by atoms with Crippen LogP contribution in [0, 0.1) is 4.78 Å². The second kappa shape index (κ2) is 8.68. The van der Waals surface area contributed by atoms with E-state index in [9.17, 15) is 22.2 Å². The molecular formula is C23H21F3N2O4S. The van der Waals surface area contributed by atoms with Crippen molar-refractivity contribution in [3.63, 3.8) is 0 Å². The molecule has 0 unspecified atom stereocenters. The Balaban J connectivity index is 1.37. The molecule has 3 aromatic rings. The third kappa shape index (κ3) is 5.45. The van der Waals surface area contributed by atoms with Crippen LogP contribution < -0.4 is 10.2 Å². The topological polar surface area (TPSA) is 83.6 Å². The number of benzene rings is 2. The third-order valence-corrected chi connectivity index (χ3v) is 6.49. The monoisotopic (exact) mass is 478 g/mol. The van der Waals surface area contributed by atoms with Gasteiger partial charge in [-0.15, -0.1) is 0 Å². The van der Waals surface area contributed by atoms with Crippen molar-refractivity contribution in [1.82, 2.24) is 4.90 Å². The summed E-state index contributed by atoms with van der Waals surface area (Å²) >= 11 is 0. The van der Waals surface area contributed by atoms with Crippen molar-refractivity contribution in [2.45, 2.75) is 37.3 Å². The second-order valence-electron chi connectivity index (χ2n) is 7.98. The SMILES string of the molecule is C[S@](=N)(=O)c1ccc(COc2coc(CN3Cc4ccc(C(F)(F)F)cc4C3)cc2=O)cc1. The number of rotatable bonds is 6. The fourth-order valence-electron chi connectivity index (χ4n) is 3.61. The first kappa shape index (κ1) is 23.1. The molecule has 174 valence electrons. The van der Waals surface area contributed by atoms with Gasteiger partial charge in [0.05, 0.1) is 21.8 Å². The molecule has 0 amide bonds. The highest BCUT2D eigenvalue weighted by atomic mass is 32.2. The van der Waals surface area contributed by atoms with Crippen molar-refractivity contribution < 1.29 is 26.5 Å². The lowest BCUT2D eigenvalue weighted by molar-refractivity contribution is -0.137. The Hall–Kier alpha value is -3.11. The molecule has 2 heterocycles. The molecule has 6 nitrogen and oxygen atoms in total. The summed E-state index contributed by atoms with van der Waals surface area (Å²) in [4.78, 5) is 14.7. The van der Waals surface area contributed by atoms with Crippen LogP contribution in [0.15, 0.2) is 68.9 Å². The van der Waals surface area contributed by atoms with Gasteiger partial charge in [-0.05, 0) is 41.0 Å². The van der Waals surface area contributed by atoms with E-state index in [0.29, 0.717) is 29.3 Å². The number of nitrogens with one attached hydrogen (secondary N) is 1. The molecule has 1 atom stereocenters. The van der Waals surface area contributed by atoms with E-state index in [4.69, 9.17) is 13.9 Å². The zero-order valence-corrected chi connectivity index (χ0v) is 18.5. The zero-order valence-electron chi connectivity index (χ0n) is 17.6. The number of ether oxygens (including phenoxy) is 1. The molecule has 0 bridgehead atoms. The lowest BCUT2D eigenvalue weighted by Gasteiger charge is -2.14. The number of hydrogen-bond acceptors (Lipinski definition) is 6. The summed E-state index contributed by atoms with van der Waals surface area (Å²) in [6.45, 7) is 1.17. The maximum absolute atomic E-state index is 12.9. The molecule has 2 aromatic carbocycles. The summed E-state index contributed by atoms with van der Waals surface area (Å²) in [6, 6.07) is 11.6. The molecule has 0 saturated heterocycles. The zero-order chi connectivity index (χ0) is 23.8. The molecule has 0 spiro atoms. The molecule has 1 aliphatic rings. The van der Waals surface area contributed by atoms with Gasteiger partial charge in [0.25, 0.3) is 0 Å². The average Bonchev–Trinajstić information content (AvgIpc) is 3.13. The van der Waals surface area contributed by atoms with E-state index in [2.05, 4.69) is 0 Å². The Morgan fingerprint density at radius 3 is 2.42 bits per heavy atom. The maximum Gasteiger partial charge on any atom is 0.416 e. The molecule has 0 saturated carbocycles. The molecule has 33 heavy (non-hydrogen) atoms. The van der Waals surface area contributed by atoms with Crippen LogP contribution in [-0.4, -0.2) is 15.4 Å². The summed E-state index contributed by atoms with van der Waals surface area (Å²) < 4.78 is 69.1. The van der Waals surface area contributed by atoms with Gasteiger partial charge in [-0.1, -0.05) is 18.2 Å². The van der Waals surface area contributed by atoms with Crippen LogP contribution in [0.5, 0.6) is 5.75 Å². The van der Waals surface area contributed by atoms with Gasteiger partial charge < -0.3 is 9.15 Å². The standard InChI is InChI=1S/C23H21F3N2O4S/c1-33(27,30)20-6-2-15(3-7-20)13-32-22-14-31-19(9-21(22)29)12-28-10-16-4-5-18(23(24,25)26)8-17(16)11-28/h2-9,14,27H,10-13H2,1H3/t33-/m0/s1. The van der Waals surface area contributed by atoms with Gasteiger partial charge >= 0.3 is 6.18 Å². The van der Waals surface area contributed by atoms with E-state index in [-0.39, 0.29) is 24.3 Å². The first-order valence-electron chi connectivity index (χ1n) is 9.98. The summed E-state index contributed by atoms with van der Waals surface area (Å²) in [5, 5.41) is 0. The van der Waals surface area contributed by atoms with Gasteiger partial charge in [0.2, 0.25) is 11.2 Å². The van der Waals surface area contributed by atoms with Crippen LogP contribution in [0.1, 0.15) is 28.0 Å². The van der Waals surface area contributed by atoms with Crippen LogP contribution in [0.4, 0.5) is 13.2 Å². The summed E-state index contributed by atoms with van der Waals surface area (Å²) in [5.74, 6) is 0.413. The minimum Gasteiger partial charge on any atom is -0.482 e. The molecule has 1 N–H and O–H groups in total. The lowest BCUT2D eigenvalue weighted by atomic mass is 10.1. The molecule has 4 rings (SSSR count). The van der Waals surface area contributed by atoms with Gasteiger partial charge in [-0.25, -0.2) is 8.99 Å². The van der Waals surface area contributed by atoms with Crippen molar-refractivity contribution in [2.75, 3.05) is 6.26 Å². The highest BCUT2D eigenvalue weighted by Gasteiger charge is 2.32. The van der Waals surface area contributed by atoms with Gasteiger partial charge in [-0.3, -0.25) is 9.69 Å². The first-order valence-corrected chi connectivity index (χ1v) is 11.9. The van der Waals surface area contributed by atoms with Crippen LogP contribution in [0.3, 0.4) is 0 Å². The van der Waals surface area contributed by atoms with Crippen molar-refractivity contribution in [3.05, 3.63) is 93.0 Å². The molecule has 1 aliphatic heterocycles. The van der Waals surface area contributed by atoms with E-state index in [1.54, 1.807) is 24.3 Å². The average molecular weight is 478 g/mol. The van der Waals surface area contributed by atoms with E-state index in [1.807, 2.05) is 4.90 Å². The number of hydrogen-bond donors (Lipinski definition) is 1. The smallest absolute Gasteiger partial charge is 0.416 e. The molecule has 1 aromatic heterocycles. The van der Waals surface area contributed by atoms with Gasteiger partial charge in [-0.2, -0.15) is 13.2 Å². The van der Waals surface area contributed by atoms with E-state index in [1.165, 1.54) is 24.7 Å². The number of nitrogens with zero attached hydrogens (tertiary/aromatic N) is 1. The predicted octanol–water partition coefficient (Wildman–Crippen LogP) is 4.79. The van der Waals surface area contributed by atoms with Gasteiger partial charge in [0, 0.05) is 30.3 Å². The van der Waals surface area contributed by atoms with E-state index < -0.39 is 21.5 Å². The number of halogens is 3. The number of alkyl halides is 3. The fourth-order valence-corrected chi connectivity index (χ4v) is 4.26. The Morgan fingerprint density at radius 2 is 1.79 bits per heavy atom. The van der Waals surface area contributed by atoms with Crippen LogP contribution in [0.25, 0.3) is 0 Å². The summed E-state index contributed by atoms with van der Waals surface area (Å²) in [7, 11) is -2.79. The second-order valence-corrected chi connectivity index (χ2v) is 10.1. The van der Waals surface area contributed by atoms with Crippen LogP contribution in [-0.2, 0) is 42.1 Å². The fraction of sp³-hybridized carbons (Fsp3) is 0.261. The molecule has 0 fully saturated rings. The highest BCUT2D eigenvalue weighted by molar-refractivity contribution is 7.91. The Labute approximate surface area is 188 Å². The van der Waals surface area contributed by atoms with Crippen molar-refractivity contribution in [1.29, 1.82) is 4.78 Å². The normalized spacial score (nSPS) is 15.8. The molecule has 10 heteroatoms. The Morgan fingerprint density at radius 1 is 1.09 bits per heavy atom. The van der Waals surface area contributed by atoms with Crippen molar-refractivity contribution in [3.8, 4) is 5.75 Å². The lowest BCUT2D eigenvalue weighted by Crippen LogP contribution is -2.17. The van der Waals surface area contributed by atoms with Gasteiger partial charge in [0.1, 0.15) is 18.6 Å². The molecule has 0 aliphatic carbocycles. The van der Waals surface area contributed by atoms with Crippen LogP contribution >= 0.6 is 0 Å². The summed E-state index contributed by atoms with van der Waals surface area (Å²) in [6.07, 6.45) is -1.82. The van der Waals surface area contributed by atoms with Crippen LogP contribution in [0.2, 0.25) is 0 Å². The largest absolute Gasteiger partial charge is 0.482 e. The Bertz CT molecular complexity index is 1330. The Kier molecular flexibility index (Phi) is 6.06. The van der Waals surface area contributed by atoms with Gasteiger partial charge in [0.15, 0.2) is 0 Å². The van der Waals surface area contributed by atoms with E-state index >= 15 is 0 Å². The third-order valence-electron chi connectivity index (χ3n) is 5.32. The summed E-state index contributed by atoms with van der Waals surface area (Å²) in [5.41, 5.74) is 1.13. The quantitative estimate of drug-likeness (QED) is 0.551. The van der Waals surface area contributed by atoms with Crippen molar-refractivity contribution >= 4 is 9.73 Å². The predicted molar refractivity (Wildman–Crippen MR) is 115 cm³/mol. The molecular weight excluding hydrogens is 457 g/mol. The minimum atomic E-state index is -4.38. The maximum atomic E-state index is 12.9. The highest BCUT2D eigenvalue weighted by Crippen LogP contribution is 2.33. The minimum absolute atomic E-state index is 0.0298. The van der Waals surface area contributed by atoms with Crippen molar-refractivity contribution in [2.24, 2.45) is 0 Å². The first-order chi connectivity index (χ1) is 15.5. The number of fused-ring (bicyclic) bond motifs is 1. The van der Waals surface area contributed by atoms with E-state index in [0.717, 1.165) is 23.3 Å².